The Morgan fingerprint density at radius 1 is 1.22 bits per heavy atom. The topological polar surface area (TPSA) is 84.6 Å². The maximum absolute atomic E-state index is 5.37. The van der Waals surface area contributed by atoms with Crippen molar-refractivity contribution in [2.75, 3.05) is 26.3 Å². The van der Waals surface area contributed by atoms with Crippen LogP contribution in [0, 0.1) is 0 Å². The largest absolute Gasteiger partial charge is 0.382 e. The molecule has 1 aromatic heterocycles. The Morgan fingerprint density at radius 2 is 2.11 bits per heavy atom. The third kappa shape index (κ3) is 7.38. The molecule has 1 heterocycles. The summed E-state index contributed by atoms with van der Waals surface area (Å²) in [5.41, 5.74) is 2.02. The molecule has 148 valence electrons. The predicted molar refractivity (Wildman–Crippen MR) is 108 cm³/mol. The van der Waals surface area contributed by atoms with Crippen LogP contribution in [0.15, 0.2) is 33.8 Å². The van der Waals surface area contributed by atoms with Crippen molar-refractivity contribution in [1.82, 2.24) is 20.8 Å². The summed E-state index contributed by atoms with van der Waals surface area (Å²) in [5, 5.41) is 10.6. The molecule has 0 bridgehead atoms. The van der Waals surface area contributed by atoms with E-state index in [0.717, 1.165) is 68.5 Å². The molecule has 0 spiro atoms. The van der Waals surface area contributed by atoms with E-state index in [9.17, 15) is 0 Å². The molecular weight excluding hydrogens is 342 g/mol. The summed E-state index contributed by atoms with van der Waals surface area (Å²) in [5.74, 6) is 2.12. The normalized spacial score (nSPS) is 11.6. The van der Waals surface area contributed by atoms with Crippen LogP contribution >= 0.6 is 0 Å². The molecule has 7 nitrogen and oxygen atoms in total. The highest BCUT2D eigenvalue weighted by molar-refractivity contribution is 5.79. The maximum atomic E-state index is 5.37. The first-order valence-corrected chi connectivity index (χ1v) is 9.78. The molecule has 7 heteroatoms. The second-order valence-corrected chi connectivity index (χ2v) is 6.14. The zero-order chi connectivity index (χ0) is 19.3. The third-order valence-electron chi connectivity index (χ3n) is 3.84. The number of hydrogen-bond donors (Lipinski definition) is 2. The molecule has 0 amide bonds. The Hall–Kier alpha value is -2.41. The third-order valence-corrected chi connectivity index (χ3v) is 3.84. The van der Waals surface area contributed by atoms with Crippen molar-refractivity contribution in [1.29, 1.82) is 0 Å². The monoisotopic (exact) mass is 373 g/mol. The summed E-state index contributed by atoms with van der Waals surface area (Å²) in [6, 6.07) is 8.07. The molecule has 0 aliphatic rings. The molecule has 2 aromatic rings. The van der Waals surface area contributed by atoms with Gasteiger partial charge >= 0.3 is 0 Å². The summed E-state index contributed by atoms with van der Waals surface area (Å²) in [7, 11) is 0. The Labute approximate surface area is 161 Å². The summed E-state index contributed by atoms with van der Waals surface area (Å²) in [6.45, 7) is 9.90. The minimum atomic E-state index is 0.560. The molecule has 2 N–H and O–H groups in total. The molecule has 1 aromatic carbocycles. The fourth-order valence-corrected chi connectivity index (χ4v) is 2.54. The molecule has 0 fully saturated rings. The first-order chi connectivity index (χ1) is 13.3. The van der Waals surface area contributed by atoms with E-state index in [1.54, 1.807) is 0 Å². The number of ether oxygens (including phenoxy) is 1. The number of aliphatic imine (C=N–C) groups is 1. The van der Waals surface area contributed by atoms with Crippen LogP contribution in [0.2, 0.25) is 0 Å². The highest BCUT2D eigenvalue weighted by Crippen LogP contribution is 2.19. The van der Waals surface area contributed by atoms with Gasteiger partial charge in [-0.2, -0.15) is 4.98 Å². The fraction of sp³-hybridized carbons (Fsp3) is 0.550. The van der Waals surface area contributed by atoms with Crippen LogP contribution in [0.3, 0.4) is 0 Å². The van der Waals surface area contributed by atoms with Gasteiger partial charge in [0.05, 0.1) is 6.54 Å². The molecule has 0 saturated heterocycles. The van der Waals surface area contributed by atoms with Crippen molar-refractivity contribution in [3.05, 3.63) is 35.7 Å². The van der Waals surface area contributed by atoms with Gasteiger partial charge in [-0.1, -0.05) is 24.2 Å². The Kier molecular flexibility index (Phi) is 9.34. The first kappa shape index (κ1) is 20.9. The van der Waals surface area contributed by atoms with Gasteiger partial charge in [0.15, 0.2) is 11.8 Å². The van der Waals surface area contributed by atoms with Gasteiger partial charge in [-0.25, -0.2) is 4.99 Å². The molecule has 27 heavy (non-hydrogen) atoms. The Morgan fingerprint density at radius 3 is 2.89 bits per heavy atom. The Bertz CT molecular complexity index is 699. The van der Waals surface area contributed by atoms with E-state index in [0.29, 0.717) is 12.4 Å². The van der Waals surface area contributed by atoms with Crippen LogP contribution in [0.1, 0.15) is 45.0 Å². The van der Waals surface area contributed by atoms with Gasteiger partial charge in [0.25, 0.3) is 5.89 Å². The van der Waals surface area contributed by atoms with Crippen LogP contribution in [0.5, 0.6) is 0 Å². The van der Waals surface area contributed by atoms with Crippen LogP contribution in [-0.2, 0) is 17.7 Å². The summed E-state index contributed by atoms with van der Waals surface area (Å²) in [6.07, 6.45) is 2.78. The van der Waals surface area contributed by atoms with E-state index in [1.165, 1.54) is 0 Å². The molecule has 2 rings (SSSR count). The number of nitrogens with one attached hydrogen (secondary N) is 2. The van der Waals surface area contributed by atoms with E-state index in [4.69, 9.17) is 9.26 Å². The van der Waals surface area contributed by atoms with E-state index >= 15 is 0 Å². The molecular formula is C20H31N5O2. The lowest BCUT2D eigenvalue weighted by Gasteiger charge is -2.11. The lowest BCUT2D eigenvalue weighted by Crippen LogP contribution is -2.38. The van der Waals surface area contributed by atoms with Gasteiger partial charge in [-0.15, -0.1) is 0 Å². The van der Waals surface area contributed by atoms with Crippen molar-refractivity contribution < 1.29 is 9.26 Å². The van der Waals surface area contributed by atoms with Crippen molar-refractivity contribution in [2.24, 2.45) is 4.99 Å². The van der Waals surface area contributed by atoms with Gasteiger partial charge in [-0.3, -0.25) is 0 Å². The number of aromatic nitrogens is 2. The number of benzene rings is 1. The zero-order valence-corrected chi connectivity index (χ0v) is 16.6. The molecule has 0 atom stereocenters. The van der Waals surface area contributed by atoms with Crippen molar-refractivity contribution in [2.45, 2.75) is 46.6 Å². The van der Waals surface area contributed by atoms with E-state index in [1.807, 2.05) is 25.1 Å². The average Bonchev–Trinajstić information content (AvgIpc) is 3.15. The smallest absolute Gasteiger partial charge is 0.257 e. The number of nitrogens with zero attached hydrogens (tertiary/aromatic N) is 3. The van der Waals surface area contributed by atoms with Gasteiger partial charge in [0.1, 0.15) is 0 Å². The van der Waals surface area contributed by atoms with Crippen molar-refractivity contribution >= 4 is 5.96 Å². The second kappa shape index (κ2) is 12.1. The predicted octanol–water partition coefficient (Wildman–Crippen LogP) is 3.17. The first-order valence-electron chi connectivity index (χ1n) is 9.78. The second-order valence-electron chi connectivity index (χ2n) is 6.14. The average molecular weight is 374 g/mol. The number of aryl methyl sites for hydroxylation is 1. The highest BCUT2D eigenvalue weighted by atomic mass is 16.5. The SMILES string of the molecule is CCCc1noc(-c2cccc(CN=C(NCC)NCCCOCC)c2)n1. The van der Waals surface area contributed by atoms with Gasteiger partial charge in [0.2, 0.25) is 0 Å². The van der Waals surface area contributed by atoms with E-state index < -0.39 is 0 Å². The maximum Gasteiger partial charge on any atom is 0.257 e. The zero-order valence-electron chi connectivity index (χ0n) is 16.6. The lowest BCUT2D eigenvalue weighted by molar-refractivity contribution is 0.145. The van der Waals surface area contributed by atoms with Gasteiger partial charge in [0, 0.05) is 38.3 Å². The minimum Gasteiger partial charge on any atom is -0.382 e. The summed E-state index contributed by atoms with van der Waals surface area (Å²) in [4.78, 5) is 9.11. The number of guanidine groups is 1. The summed E-state index contributed by atoms with van der Waals surface area (Å²) >= 11 is 0. The fourth-order valence-electron chi connectivity index (χ4n) is 2.54. The van der Waals surface area contributed by atoms with E-state index in [2.05, 4.69) is 45.7 Å². The highest BCUT2D eigenvalue weighted by Gasteiger charge is 2.08. The van der Waals surface area contributed by atoms with Crippen LogP contribution in [0.4, 0.5) is 0 Å². The van der Waals surface area contributed by atoms with Crippen LogP contribution < -0.4 is 10.6 Å². The Balaban J connectivity index is 1.96. The molecule has 0 aliphatic carbocycles. The van der Waals surface area contributed by atoms with E-state index in [-0.39, 0.29) is 0 Å². The molecule has 0 aliphatic heterocycles. The van der Waals surface area contributed by atoms with Crippen molar-refractivity contribution in [3.8, 4) is 11.5 Å². The lowest BCUT2D eigenvalue weighted by atomic mass is 10.1. The van der Waals surface area contributed by atoms with Gasteiger partial charge in [-0.05, 0) is 44.4 Å². The quantitative estimate of drug-likeness (QED) is 0.357. The number of hydrogen-bond acceptors (Lipinski definition) is 5. The van der Waals surface area contributed by atoms with Crippen LogP contribution in [-0.4, -0.2) is 42.4 Å². The summed E-state index contributed by atoms with van der Waals surface area (Å²) < 4.78 is 10.7. The molecule has 0 unspecified atom stereocenters. The molecule has 0 radical (unpaired) electrons. The standard InChI is InChI=1S/C20H31N5O2/c1-4-9-18-24-19(27-25-18)17-11-7-10-16(14-17)15-23-20(21-5-2)22-12-8-13-26-6-3/h7,10-11,14H,4-6,8-9,12-13,15H2,1-3H3,(H2,21,22,23). The van der Waals surface area contributed by atoms with Gasteiger partial charge < -0.3 is 19.9 Å². The molecule has 0 saturated carbocycles. The number of rotatable bonds is 11. The van der Waals surface area contributed by atoms with Crippen molar-refractivity contribution in [3.63, 3.8) is 0 Å². The van der Waals surface area contributed by atoms with Crippen LogP contribution in [0.25, 0.3) is 11.5 Å². The minimum absolute atomic E-state index is 0.560.